The summed E-state index contributed by atoms with van der Waals surface area (Å²) in [5.41, 5.74) is 0. The van der Waals surface area contributed by atoms with E-state index in [1.165, 1.54) is 0 Å². The van der Waals surface area contributed by atoms with Crippen molar-refractivity contribution in [3.63, 3.8) is 0 Å². The lowest BCUT2D eigenvalue weighted by molar-refractivity contribution is -0.301. The summed E-state index contributed by atoms with van der Waals surface area (Å²) >= 11 is 0. The van der Waals surface area contributed by atoms with Gasteiger partial charge in [0.05, 0.1) is 19.8 Å². The van der Waals surface area contributed by atoms with Gasteiger partial charge in [-0.3, -0.25) is 9.35 Å². The van der Waals surface area contributed by atoms with Gasteiger partial charge in [-0.05, 0) is 109 Å². The molecule has 0 amide bonds. The standard InChI is InChI=1S/C57H86O12S/c1-3-5-7-9-11-13-15-17-19-21-23-25-26-27-28-30-32-34-36-38-40-42-44-46-53(59)67-51(50-66-57-55(61)56(69-70(62,63)64)54(60)52(48-58)68-57)49-65-47-45-43-41-39-37-35-33-31-29-24-22-20-18-16-14-12-10-8-6-4-2/h5-8,11-14,17-20,23-25,27-29,32-35,38-41,51-52,54-58,60-61H,3-4,9-10,15-16,21-22,26,30-31,36-37,42-50H2,1-2H3,(H,62,63,64)/b7-5-,8-6-,13-11-,14-12-,19-17-,20-18-,25-23-,28-27-,29-24-,34-32-,35-33-,40-38-,41-39-. The largest absolute Gasteiger partial charge is 0.457 e. The molecular formula is C57H86O12S. The molecule has 1 fully saturated rings. The number of hydrogen-bond acceptors (Lipinski definition) is 11. The van der Waals surface area contributed by atoms with Crippen LogP contribution in [0.3, 0.4) is 0 Å². The van der Waals surface area contributed by atoms with Gasteiger partial charge in [0.1, 0.15) is 30.5 Å². The minimum Gasteiger partial charge on any atom is -0.457 e. The first-order valence-electron chi connectivity index (χ1n) is 25.2. The first kappa shape index (κ1) is 63.7. The first-order chi connectivity index (χ1) is 34.1. The smallest absolute Gasteiger partial charge is 0.397 e. The van der Waals surface area contributed by atoms with E-state index in [1.54, 1.807) is 0 Å². The van der Waals surface area contributed by atoms with E-state index in [0.717, 1.165) is 89.9 Å². The van der Waals surface area contributed by atoms with Crippen molar-refractivity contribution in [1.29, 1.82) is 0 Å². The molecule has 13 heteroatoms. The van der Waals surface area contributed by atoms with Crippen molar-refractivity contribution in [2.75, 3.05) is 26.4 Å². The molecule has 6 atom stereocenters. The van der Waals surface area contributed by atoms with Crippen molar-refractivity contribution < 1.29 is 56.2 Å². The van der Waals surface area contributed by atoms with Gasteiger partial charge in [0, 0.05) is 13.0 Å². The topological polar surface area (TPSA) is 178 Å². The van der Waals surface area contributed by atoms with Crippen LogP contribution in [-0.4, -0.2) is 97.5 Å². The van der Waals surface area contributed by atoms with Gasteiger partial charge in [-0.15, -0.1) is 0 Å². The predicted molar refractivity (Wildman–Crippen MR) is 284 cm³/mol. The number of carbonyl (C=O) groups is 1. The van der Waals surface area contributed by atoms with Crippen LogP contribution in [0.2, 0.25) is 0 Å². The third-order valence-electron chi connectivity index (χ3n) is 10.1. The Balaban J connectivity index is 2.49. The molecule has 392 valence electrons. The molecule has 0 bridgehead atoms. The average molecular weight is 995 g/mol. The summed E-state index contributed by atoms with van der Waals surface area (Å²) in [5, 5.41) is 30.7. The van der Waals surface area contributed by atoms with Crippen molar-refractivity contribution in [2.24, 2.45) is 0 Å². The van der Waals surface area contributed by atoms with E-state index in [9.17, 15) is 33.1 Å². The number of ether oxygens (including phenoxy) is 4. The Hall–Kier alpha value is -4.28. The van der Waals surface area contributed by atoms with Gasteiger partial charge in [0.15, 0.2) is 6.29 Å². The maximum atomic E-state index is 12.9. The molecule has 70 heavy (non-hydrogen) atoms. The molecule has 0 aromatic heterocycles. The fourth-order valence-corrected chi connectivity index (χ4v) is 6.95. The second-order valence-electron chi connectivity index (χ2n) is 16.3. The van der Waals surface area contributed by atoms with Gasteiger partial charge >= 0.3 is 16.4 Å². The van der Waals surface area contributed by atoms with E-state index < -0.39 is 59.8 Å². The highest BCUT2D eigenvalue weighted by atomic mass is 32.3. The first-order valence-corrected chi connectivity index (χ1v) is 26.6. The Bertz CT molecular complexity index is 1810. The molecular weight excluding hydrogens is 909 g/mol. The molecule has 6 unspecified atom stereocenters. The van der Waals surface area contributed by atoms with Crippen LogP contribution in [0.1, 0.15) is 129 Å². The van der Waals surface area contributed by atoms with E-state index >= 15 is 0 Å². The van der Waals surface area contributed by atoms with E-state index in [4.69, 9.17) is 18.9 Å². The zero-order chi connectivity index (χ0) is 51.0. The van der Waals surface area contributed by atoms with Gasteiger partial charge in [0.2, 0.25) is 0 Å². The lowest BCUT2D eigenvalue weighted by Gasteiger charge is -2.41. The number of unbranched alkanes of at least 4 members (excludes halogenated alkanes) is 2. The fourth-order valence-electron chi connectivity index (χ4n) is 6.44. The molecule has 1 saturated heterocycles. The van der Waals surface area contributed by atoms with Crippen LogP contribution in [-0.2, 0) is 38.3 Å². The van der Waals surface area contributed by atoms with E-state index in [-0.39, 0.29) is 19.6 Å². The Kier molecular flexibility index (Phi) is 41.7. The molecule has 1 aliphatic heterocycles. The molecule has 12 nitrogen and oxygen atoms in total. The Morgan fingerprint density at radius 3 is 1.29 bits per heavy atom. The molecule has 0 radical (unpaired) electrons. The number of carbonyl (C=O) groups excluding carboxylic acids is 1. The Labute approximate surface area is 421 Å². The highest BCUT2D eigenvalue weighted by Gasteiger charge is 2.48. The van der Waals surface area contributed by atoms with Gasteiger partial charge in [-0.2, -0.15) is 8.42 Å². The van der Waals surface area contributed by atoms with Crippen molar-refractivity contribution in [2.45, 2.75) is 166 Å². The maximum absolute atomic E-state index is 12.9. The second kappa shape index (κ2) is 45.8. The molecule has 1 rings (SSSR count). The SMILES string of the molecule is CC/C=C\C/C=C\C/C=C\C/C=C\C/C=C\C/C=C\C/C=C\CCCC(=O)OC(COCCC/C=C\C/C=C\C/C=C\C/C=C\C/C=C\C/C=C\CC)COC1OC(CO)C(O)C(OS(=O)(=O)O)C1O. The van der Waals surface area contributed by atoms with E-state index in [0.29, 0.717) is 25.9 Å². The molecule has 0 aliphatic carbocycles. The highest BCUT2D eigenvalue weighted by molar-refractivity contribution is 7.80. The van der Waals surface area contributed by atoms with Crippen LogP contribution in [0.15, 0.2) is 158 Å². The van der Waals surface area contributed by atoms with E-state index in [1.807, 2.05) is 6.08 Å². The molecule has 1 aliphatic rings. The highest BCUT2D eigenvalue weighted by Crippen LogP contribution is 2.26. The van der Waals surface area contributed by atoms with Crippen LogP contribution in [0, 0.1) is 0 Å². The molecule has 0 saturated carbocycles. The number of allylic oxidation sites excluding steroid dienone is 26. The Morgan fingerprint density at radius 1 is 0.543 bits per heavy atom. The molecule has 0 aromatic carbocycles. The molecule has 0 spiro atoms. The van der Waals surface area contributed by atoms with Crippen molar-refractivity contribution in [1.82, 2.24) is 0 Å². The quantitative estimate of drug-likeness (QED) is 0.0197. The van der Waals surface area contributed by atoms with Crippen molar-refractivity contribution in [3.05, 3.63) is 158 Å². The van der Waals surface area contributed by atoms with Gasteiger partial charge in [0.25, 0.3) is 0 Å². The lowest BCUT2D eigenvalue weighted by atomic mass is 9.99. The third-order valence-corrected chi connectivity index (χ3v) is 10.6. The summed E-state index contributed by atoms with van der Waals surface area (Å²) in [6, 6.07) is 0. The van der Waals surface area contributed by atoms with Gasteiger partial charge < -0.3 is 34.3 Å². The van der Waals surface area contributed by atoms with Crippen LogP contribution in [0.4, 0.5) is 0 Å². The number of aliphatic hydroxyl groups is 3. The van der Waals surface area contributed by atoms with Crippen LogP contribution in [0.5, 0.6) is 0 Å². The zero-order valence-corrected chi connectivity index (χ0v) is 42.8. The predicted octanol–water partition coefficient (Wildman–Crippen LogP) is 11.9. The molecule has 1 heterocycles. The molecule has 0 aromatic rings. The summed E-state index contributed by atoms with van der Waals surface area (Å²) in [4.78, 5) is 12.9. The van der Waals surface area contributed by atoms with Crippen molar-refractivity contribution >= 4 is 16.4 Å². The summed E-state index contributed by atoms with van der Waals surface area (Å²) in [6.07, 6.45) is 61.5. The summed E-state index contributed by atoms with van der Waals surface area (Å²) < 4.78 is 59.1. The summed E-state index contributed by atoms with van der Waals surface area (Å²) in [5.74, 6) is -0.484. The fraction of sp³-hybridized carbons (Fsp3) is 0.526. The number of aliphatic hydroxyl groups excluding tert-OH is 3. The number of esters is 1. The normalized spacial score (nSPS) is 20.5. The minimum atomic E-state index is -5.09. The lowest BCUT2D eigenvalue weighted by Crippen LogP contribution is -2.60. The van der Waals surface area contributed by atoms with E-state index in [2.05, 4.69) is 170 Å². The molecule has 4 N–H and O–H groups in total. The maximum Gasteiger partial charge on any atom is 0.397 e. The monoisotopic (exact) mass is 995 g/mol. The third kappa shape index (κ3) is 38.5. The average Bonchev–Trinajstić information content (AvgIpc) is 3.34. The van der Waals surface area contributed by atoms with Crippen LogP contribution in [0.25, 0.3) is 0 Å². The van der Waals surface area contributed by atoms with Gasteiger partial charge in [-0.25, -0.2) is 4.18 Å². The zero-order valence-electron chi connectivity index (χ0n) is 42.0. The second-order valence-corrected chi connectivity index (χ2v) is 17.3. The number of hydrogen-bond donors (Lipinski definition) is 4. The van der Waals surface area contributed by atoms with Crippen molar-refractivity contribution in [3.8, 4) is 0 Å². The summed E-state index contributed by atoms with van der Waals surface area (Å²) in [6.45, 7) is 3.50. The van der Waals surface area contributed by atoms with Crippen LogP contribution < -0.4 is 0 Å². The minimum absolute atomic E-state index is 0.0405. The number of rotatable bonds is 41. The van der Waals surface area contributed by atoms with Gasteiger partial charge in [-0.1, -0.05) is 172 Å². The Morgan fingerprint density at radius 2 is 0.914 bits per heavy atom. The van der Waals surface area contributed by atoms with Crippen LogP contribution >= 0.6 is 0 Å². The summed E-state index contributed by atoms with van der Waals surface area (Å²) in [7, 11) is -5.09.